The van der Waals surface area contributed by atoms with E-state index in [9.17, 15) is 9.59 Å². The van der Waals surface area contributed by atoms with Gasteiger partial charge in [-0.15, -0.1) is 0 Å². The second kappa shape index (κ2) is 6.28. The van der Waals surface area contributed by atoms with Crippen molar-refractivity contribution < 1.29 is 14.7 Å². The second-order valence-electron chi connectivity index (χ2n) is 2.60. The molecule has 0 amide bonds. The molecule has 0 aromatic carbocycles. The van der Waals surface area contributed by atoms with E-state index in [2.05, 4.69) is 23.0 Å². The van der Waals surface area contributed by atoms with Crippen LogP contribution < -0.4 is 16.6 Å². The number of carbonyl (C=O) groups is 2. The Bertz CT molecular complexity index is 226. The van der Waals surface area contributed by atoms with Crippen LogP contribution >= 0.6 is 12.2 Å². The largest absolute Gasteiger partial charge is 0.480 e. The Balaban J connectivity index is 4.23. The lowest BCUT2D eigenvalue weighted by Gasteiger charge is -2.14. The maximum Gasteiger partial charge on any atom is 0.326 e. The van der Waals surface area contributed by atoms with E-state index in [1.807, 2.05) is 0 Å². The number of hydrogen-bond donors (Lipinski definition) is 4. The molecule has 80 valence electrons. The summed E-state index contributed by atoms with van der Waals surface area (Å²) in [5.41, 5.74) is 2.09. The molecule has 0 aromatic heterocycles. The summed E-state index contributed by atoms with van der Waals surface area (Å²) in [5.74, 6) is 3.67. The van der Waals surface area contributed by atoms with Gasteiger partial charge in [-0.05, 0) is 12.2 Å². The number of nitrogens with two attached hydrogens (primary N) is 1. The number of nitrogens with one attached hydrogen (secondary N) is 2. The highest BCUT2D eigenvalue weighted by molar-refractivity contribution is 7.80. The van der Waals surface area contributed by atoms with Gasteiger partial charge in [0.15, 0.2) is 5.11 Å². The Labute approximate surface area is 86.8 Å². The Morgan fingerprint density at radius 1 is 1.57 bits per heavy atom. The summed E-state index contributed by atoms with van der Waals surface area (Å²) in [4.78, 5) is 21.7. The first kappa shape index (κ1) is 12.8. The Kier molecular flexibility index (Phi) is 5.73. The highest BCUT2D eigenvalue weighted by Gasteiger charge is 2.20. The van der Waals surface area contributed by atoms with Crippen LogP contribution in [0.3, 0.4) is 0 Å². The van der Waals surface area contributed by atoms with Crippen LogP contribution in [-0.4, -0.2) is 28.0 Å². The van der Waals surface area contributed by atoms with Crippen molar-refractivity contribution in [1.82, 2.24) is 10.7 Å². The Morgan fingerprint density at radius 3 is 2.50 bits per heavy atom. The summed E-state index contributed by atoms with van der Waals surface area (Å²) in [6.45, 7) is 1.67. The lowest BCUT2D eigenvalue weighted by atomic mass is 10.1. The molecule has 0 fully saturated rings. The fourth-order valence-electron chi connectivity index (χ4n) is 0.772. The average molecular weight is 219 g/mol. The zero-order chi connectivity index (χ0) is 11.1. The average Bonchev–Trinajstić information content (AvgIpc) is 2.16. The number of Topliss-reactive ketones (excluding diaryl/α,β-unsaturated/α-hetero) is 1. The third-order valence-corrected chi connectivity index (χ3v) is 1.80. The number of carboxylic acid groups (broad SMARTS) is 1. The van der Waals surface area contributed by atoms with Crippen LogP contribution in [0.2, 0.25) is 0 Å². The molecule has 14 heavy (non-hydrogen) atoms. The molecule has 0 radical (unpaired) electrons. The molecule has 1 atom stereocenters. The zero-order valence-electron chi connectivity index (χ0n) is 7.74. The normalized spacial score (nSPS) is 11.6. The van der Waals surface area contributed by atoms with Gasteiger partial charge in [0.25, 0.3) is 0 Å². The molecule has 0 bridgehead atoms. The van der Waals surface area contributed by atoms with Crippen molar-refractivity contribution in [3.63, 3.8) is 0 Å². The van der Waals surface area contributed by atoms with E-state index < -0.39 is 12.0 Å². The highest BCUT2D eigenvalue weighted by atomic mass is 32.1. The van der Waals surface area contributed by atoms with E-state index >= 15 is 0 Å². The van der Waals surface area contributed by atoms with Crippen molar-refractivity contribution in [2.75, 3.05) is 0 Å². The molecule has 0 spiro atoms. The fourth-order valence-corrected chi connectivity index (χ4v) is 0.914. The minimum absolute atomic E-state index is 0.00121. The van der Waals surface area contributed by atoms with Crippen LogP contribution in [0.25, 0.3) is 0 Å². The maximum atomic E-state index is 11.0. The zero-order valence-corrected chi connectivity index (χ0v) is 8.56. The van der Waals surface area contributed by atoms with E-state index in [1.54, 1.807) is 6.92 Å². The van der Waals surface area contributed by atoms with E-state index in [-0.39, 0.29) is 17.3 Å². The number of hydrogen-bond acceptors (Lipinski definition) is 4. The van der Waals surface area contributed by atoms with Gasteiger partial charge >= 0.3 is 5.97 Å². The molecule has 0 aromatic rings. The minimum Gasteiger partial charge on any atom is -0.480 e. The number of aliphatic carboxylic acids is 1. The molecule has 0 heterocycles. The number of rotatable bonds is 5. The van der Waals surface area contributed by atoms with Crippen LogP contribution in [0.4, 0.5) is 0 Å². The molecule has 0 saturated carbocycles. The summed E-state index contributed by atoms with van der Waals surface area (Å²) in [5, 5.41) is 11.1. The first-order valence-electron chi connectivity index (χ1n) is 4.02. The van der Waals surface area contributed by atoms with E-state index in [1.165, 1.54) is 0 Å². The summed E-state index contributed by atoms with van der Waals surface area (Å²) in [6.07, 6.45) is 0.196. The molecule has 1 unspecified atom stereocenters. The summed E-state index contributed by atoms with van der Waals surface area (Å²) in [7, 11) is 0. The number of carbonyl (C=O) groups excluding carboxylic acids is 1. The van der Waals surface area contributed by atoms with E-state index in [4.69, 9.17) is 10.9 Å². The van der Waals surface area contributed by atoms with Gasteiger partial charge in [0.2, 0.25) is 0 Å². The molecular weight excluding hydrogens is 206 g/mol. The van der Waals surface area contributed by atoms with Crippen LogP contribution in [0, 0.1) is 0 Å². The Hall–Kier alpha value is -1.21. The minimum atomic E-state index is -1.13. The molecule has 0 rings (SSSR count). The second-order valence-corrected chi connectivity index (χ2v) is 3.01. The summed E-state index contributed by atoms with van der Waals surface area (Å²) in [6, 6.07) is -1.02. The van der Waals surface area contributed by atoms with Crippen molar-refractivity contribution in [2.24, 2.45) is 5.84 Å². The van der Waals surface area contributed by atoms with Crippen molar-refractivity contribution in [3.05, 3.63) is 0 Å². The quantitative estimate of drug-likeness (QED) is 0.271. The summed E-state index contributed by atoms with van der Waals surface area (Å²) < 4.78 is 0. The smallest absolute Gasteiger partial charge is 0.326 e. The SMILES string of the molecule is CCC(=O)CC(NC(=S)NN)C(=O)O. The van der Waals surface area contributed by atoms with Crippen LogP contribution in [0.15, 0.2) is 0 Å². The van der Waals surface area contributed by atoms with E-state index in [0.29, 0.717) is 6.42 Å². The molecule has 0 aliphatic rings. The molecule has 7 heteroatoms. The van der Waals surface area contributed by atoms with Crippen molar-refractivity contribution in [1.29, 1.82) is 0 Å². The standard InChI is InChI=1S/C7H13N3O3S/c1-2-4(11)3-5(6(12)13)9-7(14)10-8/h5H,2-3,8H2,1H3,(H,12,13)(H2,9,10,14). The molecule has 5 N–H and O–H groups in total. The molecule has 0 saturated heterocycles. The van der Waals surface area contributed by atoms with E-state index in [0.717, 1.165) is 0 Å². The Morgan fingerprint density at radius 2 is 2.14 bits per heavy atom. The van der Waals surface area contributed by atoms with Gasteiger partial charge in [0, 0.05) is 12.8 Å². The summed E-state index contributed by atoms with van der Waals surface area (Å²) >= 11 is 4.62. The van der Waals surface area contributed by atoms with Crippen molar-refractivity contribution in [3.8, 4) is 0 Å². The number of carboxylic acids is 1. The fraction of sp³-hybridized carbons (Fsp3) is 0.571. The molecule has 6 nitrogen and oxygen atoms in total. The monoisotopic (exact) mass is 219 g/mol. The predicted molar refractivity (Wildman–Crippen MR) is 54.4 cm³/mol. The third-order valence-electron chi connectivity index (χ3n) is 1.56. The van der Waals surface area contributed by atoms with Gasteiger partial charge in [-0.1, -0.05) is 6.92 Å². The van der Waals surface area contributed by atoms with Crippen LogP contribution in [0.5, 0.6) is 0 Å². The lowest BCUT2D eigenvalue weighted by molar-refractivity contribution is -0.140. The van der Waals surface area contributed by atoms with Gasteiger partial charge in [-0.25, -0.2) is 10.6 Å². The highest BCUT2D eigenvalue weighted by Crippen LogP contribution is 1.97. The number of hydrazine groups is 1. The molecular formula is C7H13N3O3S. The van der Waals surface area contributed by atoms with Gasteiger partial charge in [0.05, 0.1) is 0 Å². The lowest BCUT2D eigenvalue weighted by Crippen LogP contribution is -2.48. The topological polar surface area (TPSA) is 104 Å². The van der Waals surface area contributed by atoms with Gasteiger partial charge in [0.1, 0.15) is 11.8 Å². The first-order valence-corrected chi connectivity index (χ1v) is 4.43. The third kappa shape index (κ3) is 4.73. The molecule has 0 aliphatic carbocycles. The number of thiocarbonyl (C=S) groups is 1. The van der Waals surface area contributed by atoms with Crippen LogP contribution in [0.1, 0.15) is 19.8 Å². The predicted octanol–water partition coefficient (Wildman–Crippen LogP) is -0.853. The molecule has 0 aliphatic heterocycles. The van der Waals surface area contributed by atoms with Gasteiger partial charge in [-0.3, -0.25) is 4.79 Å². The van der Waals surface area contributed by atoms with Crippen LogP contribution in [-0.2, 0) is 9.59 Å². The van der Waals surface area contributed by atoms with Gasteiger partial charge < -0.3 is 15.8 Å². The van der Waals surface area contributed by atoms with Gasteiger partial charge in [-0.2, -0.15) is 0 Å². The maximum absolute atomic E-state index is 11.0. The first-order chi connectivity index (χ1) is 6.51. The number of ketones is 1. The van der Waals surface area contributed by atoms with Crippen molar-refractivity contribution in [2.45, 2.75) is 25.8 Å². The van der Waals surface area contributed by atoms with Crippen molar-refractivity contribution >= 4 is 29.1 Å².